The van der Waals surface area contributed by atoms with Gasteiger partial charge in [-0.2, -0.15) is 0 Å². The Morgan fingerprint density at radius 3 is 2.83 bits per heavy atom. The standard InChI is InChI=1S/C18H14N4O2/c23-17-15-12(5-3-7-19-15)9-20-16(17)18(24)21-10-13-8-11-4-1-2-6-14(11)22-13/h1-9,22-23H,10H2,(H,21,24). The SMILES string of the molecule is O=C(NCc1cc2ccccc2[nH]1)c1ncc2cccnc2c1O. The van der Waals surface area contributed by atoms with Crippen LogP contribution in [0.1, 0.15) is 16.2 Å². The van der Waals surface area contributed by atoms with Crippen LogP contribution in [0.25, 0.3) is 21.8 Å². The molecule has 0 fully saturated rings. The minimum absolute atomic E-state index is 0.0303. The van der Waals surface area contributed by atoms with Crippen molar-refractivity contribution in [3.05, 3.63) is 66.2 Å². The average molecular weight is 318 g/mol. The lowest BCUT2D eigenvalue weighted by atomic mass is 10.2. The number of nitrogens with zero attached hydrogens (tertiary/aromatic N) is 2. The van der Waals surface area contributed by atoms with E-state index in [-0.39, 0.29) is 11.4 Å². The number of aromatic hydroxyl groups is 1. The van der Waals surface area contributed by atoms with Crippen LogP contribution >= 0.6 is 0 Å². The molecule has 3 heterocycles. The lowest BCUT2D eigenvalue weighted by Gasteiger charge is -2.07. The molecular formula is C18H14N4O2. The molecule has 3 aromatic heterocycles. The van der Waals surface area contributed by atoms with Crippen LogP contribution in [0, 0.1) is 0 Å². The summed E-state index contributed by atoms with van der Waals surface area (Å²) in [5.74, 6) is -0.652. The van der Waals surface area contributed by atoms with Gasteiger partial charge in [0.15, 0.2) is 11.4 Å². The molecule has 0 saturated carbocycles. The fourth-order valence-corrected chi connectivity index (χ4v) is 2.68. The van der Waals surface area contributed by atoms with Crippen molar-refractivity contribution in [2.75, 3.05) is 0 Å². The van der Waals surface area contributed by atoms with Crippen molar-refractivity contribution in [1.29, 1.82) is 0 Å². The largest absolute Gasteiger partial charge is 0.504 e. The summed E-state index contributed by atoms with van der Waals surface area (Å²) in [5.41, 5.74) is 2.22. The minimum atomic E-state index is -0.446. The molecule has 0 saturated heterocycles. The third-order valence-corrected chi connectivity index (χ3v) is 3.86. The summed E-state index contributed by atoms with van der Waals surface area (Å²) < 4.78 is 0. The Morgan fingerprint density at radius 2 is 1.96 bits per heavy atom. The van der Waals surface area contributed by atoms with Crippen LogP contribution in [-0.2, 0) is 6.54 Å². The second-order valence-electron chi connectivity index (χ2n) is 5.46. The molecule has 0 aliphatic heterocycles. The Kier molecular flexibility index (Phi) is 3.35. The number of carbonyl (C=O) groups is 1. The molecule has 0 aliphatic carbocycles. The Morgan fingerprint density at radius 1 is 1.12 bits per heavy atom. The van der Waals surface area contributed by atoms with Gasteiger partial charge in [0, 0.05) is 29.0 Å². The van der Waals surface area contributed by atoms with Crippen LogP contribution in [-0.4, -0.2) is 26.0 Å². The number of carbonyl (C=O) groups excluding carboxylic acids is 1. The van der Waals surface area contributed by atoms with Gasteiger partial charge in [0.25, 0.3) is 5.91 Å². The first-order valence-electron chi connectivity index (χ1n) is 7.50. The number of benzene rings is 1. The summed E-state index contributed by atoms with van der Waals surface area (Å²) in [7, 11) is 0. The van der Waals surface area contributed by atoms with E-state index >= 15 is 0 Å². The van der Waals surface area contributed by atoms with E-state index in [0.717, 1.165) is 16.6 Å². The molecule has 1 amide bonds. The van der Waals surface area contributed by atoms with E-state index < -0.39 is 5.91 Å². The van der Waals surface area contributed by atoms with Gasteiger partial charge in [0.1, 0.15) is 5.52 Å². The van der Waals surface area contributed by atoms with Crippen molar-refractivity contribution in [3.63, 3.8) is 0 Å². The second kappa shape index (κ2) is 5.66. The van der Waals surface area contributed by atoms with Gasteiger partial charge in [-0.05, 0) is 29.7 Å². The highest BCUT2D eigenvalue weighted by Crippen LogP contribution is 2.24. The van der Waals surface area contributed by atoms with Crippen molar-refractivity contribution >= 4 is 27.7 Å². The van der Waals surface area contributed by atoms with Crippen LogP contribution < -0.4 is 5.32 Å². The van der Waals surface area contributed by atoms with E-state index in [1.807, 2.05) is 30.3 Å². The maximum absolute atomic E-state index is 12.3. The molecule has 0 bridgehead atoms. The summed E-state index contributed by atoms with van der Waals surface area (Å²) in [4.78, 5) is 23.7. The number of hydrogen-bond donors (Lipinski definition) is 3. The number of pyridine rings is 2. The van der Waals surface area contributed by atoms with Crippen molar-refractivity contribution in [1.82, 2.24) is 20.3 Å². The van der Waals surface area contributed by atoms with Gasteiger partial charge in [-0.15, -0.1) is 0 Å². The second-order valence-corrected chi connectivity index (χ2v) is 5.46. The monoisotopic (exact) mass is 318 g/mol. The third-order valence-electron chi connectivity index (χ3n) is 3.86. The predicted molar refractivity (Wildman–Crippen MR) is 90.7 cm³/mol. The Labute approximate surface area is 137 Å². The van der Waals surface area contributed by atoms with Crippen LogP contribution in [0.2, 0.25) is 0 Å². The van der Waals surface area contributed by atoms with Gasteiger partial charge in [-0.25, -0.2) is 4.98 Å². The van der Waals surface area contributed by atoms with Gasteiger partial charge in [-0.3, -0.25) is 9.78 Å². The molecule has 0 radical (unpaired) electrons. The Balaban J connectivity index is 1.57. The Bertz CT molecular complexity index is 1020. The number of rotatable bonds is 3. The lowest BCUT2D eigenvalue weighted by Crippen LogP contribution is -2.24. The van der Waals surface area contributed by atoms with E-state index in [1.54, 1.807) is 18.3 Å². The lowest BCUT2D eigenvalue weighted by molar-refractivity contribution is 0.0943. The van der Waals surface area contributed by atoms with Gasteiger partial charge in [0.05, 0.1) is 6.54 Å². The molecule has 0 unspecified atom stereocenters. The zero-order chi connectivity index (χ0) is 16.5. The van der Waals surface area contributed by atoms with E-state index in [1.165, 1.54) is 6.20 Å². The van der Waals surface area contributed by atoms with Crippen LogP contribution in [0.15, 0.2) is 54.9 Å². The molecule has 0 atom stereocenters. The number of aromatic nitrogens is 3. The number of hydrogen-bond acceptors (Lipinski definition) is 4. The van der Waals surface area contributed by atoms with Gasteiger partial charge >= 0.3 is 0 Å². The average Bonchev–Trinajstić information content (AvgIpc) is 3.03. The smallest absolute Gasteiger partial charge is 0.274 e. The summed E-state index contributed by atoms with van der Waals surface area (Å²) >= 11 is 0. The number of para-hydroxylation sites is 1. The molecule has 0 spiro atoms. The van der Waals surface area contributed by atoms with Crippen molar-refractivity contribution < 1.29 is 9.90 Å². The molecule has 4 aromatic rings. The molecule has 24 heavy (non-hydrogen) atoms. The van der Waals surface area contributed by atoms with E-state index in [2.05, 4.69) is 20.3 Å². The third kappa shape index (κ3) is 2.44. The molecular weight excluding hydrogens is 304 g/mol. The van der Waals surface area contributed by atoms with Crippen LogP contribution in [0.3, 0.4) is 0 Å². The first-order valence-corrected chi connectivity index (χ1v) is 7.50. The highest BCUT2D eigenvalue weighted by molar-refractivity contribution is 6.00. The highest BCUT2D eigenvalue weighted by atomic mass is 16.3. The van der Waals surface area contributed by atoms with Crippen LogP contribution in [0.4, 0.5) is 0 Å². The van der Waals surface area contributed by atoms with Gasteiger partial charge in [0.2, 0.25) is 0 Å². The quantitative estimate of drug-likeness (QED) is 0.542. The number of fused-ring (bicyclic) bond motifs is 2. The van der Waals surface area contributed by atoms with Gasteiger partial charge in [-0.1, -0.05) is 18.2 Å². The highest BCUT2D eigenvalue weighted by Gasteiger charge is 2.16. The van der Waals surface area contributed by atoms with E-state index in [0.29, 0.717) is 17.4 Å². The first kappa shape index (κ1) is 14.2. The van der Waals surface area contributed by atoms with Crippen molar-refractivity contribution in [2.45, 2.75) is 6.54 Å². The van der Waals surface area contributed by atoms with E-state index in [9.17, 15) is 9.90 Å². The summed E-state index contributed by atoms with van der Waals surface area (Å²) in [5, 5.41) is 14.8. The van der Waals surface area contributed by atoms with Crippen molar-refractivity contribution in [2.24, 2.45) is 0 Å². The number of H-pyrrole nitrogens is 1. The first-order chi connectivity index (χ1) is 11.7. The predicted octanol–water partition coefficient (Wildman–Crippen LogP) is 2.75. The van der Waals surface area contributed by atoms with Crippen molar-refractivity contribution in [3.8, 4) is 5.75 Å². The molecule has 6 heteroatoms. The fraction of sp³-hybridized carbons (Fsp3) is 0.0556. The molecule has 4 rings (SSSR count). The zero-order valence-corrected chi connectivity index (χ0v) is 12.7. The molecule has 6 nitrogen and oxygen atoms in total. The number of nitrogens with one attached hydrogen (secondary N) is 2. The summed E-state index contributed by atoms with van der Waals surface area (Å²) in [6.07, 6.45) is 3.09. The maximum Gasteiger partial charge on any atom is 0.274 e. The zero-order valence-electron chi connectivity index (χ0n) is 12.7. The topological polar surface area (TPSA) is 90.9 Å². The molecule has 0 aliphatic rings. The molecule has 1 aromatic carbocycles. The molecule has 118 valence electrons. The number of aromatic amines is 1. The normalized spacial score (nSPS) is 11.0. The summed E-state index contributed by atoms with van der Waals surface area (Å²) in [6, 6.07) is 13.4. The fourth-order valence-electron chi connectivity index (χ4n) is 2.68. The van der Waals surface area contributed by atoms with Gasteiger partial charge < -0.3 is 15.4 Å². The molecule has 3 N–H and O–H groups in total. The Hall–Kier alpha value is -3.41. The number of amides is 1. The maximum atomic E-state index is 12.3. The summed E-state index contributed by atoms with van der Waals surface area (Å²) in [6.45, 7) is 0.314. The van der Waals surface area contributed by atoms with Crippen LogP contribution in [0.5, 0.6) is 5.75 Å². The minimum Gasteiger partial charge on any atom is -0.504 e. The van der Waals surface area contributed by atoms with E-state index in [4.69, 9.17) is 0 Å².